The van der Waals surface area contributed by atoms with E-state index in [2.05, 4.69) is 5.18 Å². The summed E-state index contributed by atoms with van der Waals surface area (Å²) in [6.07, 6.45) is 0. The van der Waals surface area contributed by atoms with Crippen molar-refractivity contribution in [3.05, 3.63) is 35.2 Å². The number of hydrogen-bond acceptors (Lipinski definition) is 3. The van der Waals surface area contributed by atoms with Gasteiger partial charge < -0.3 is 5.11 Å². The number of rotatable bonds is 1. The minimum atomic E-state index is -0.833. The molecule has 64 valence electrons. The van der Waals surface area contributed by atoms with Crippen LogP contribution in [0.5, 0.6) is 0 Å². The average Bonchev–Trinajstić information content (AvgIpc) is 2.05. The summed E-state index contributed by atoms with van der Waals surface area (Å²) in [4.78, 5) is 18.8. The fourth-order valence-electron chi connectivity index (χ4n) is 0.489. The smallest absolute Gasteiger partial charge is 0.300 e. The second-order valence-electron chi connectivity index (χ2n) is 1.95. The van der Waals surface area contributed by atoms with E-state index in [1.165, 1.54) is 0 Å². The van der Waals surface area contributed by atoms with Crippen molar-refractivity contribution in [1.82, 2.24) is 0 Å². The van der Waals surface area contributed by atoms with Crippen LogP contribution >= 0.6 is 0 Å². The maximum Gasteiger partial charge on any atom is 0.300 e. The Bertz CT molecular complexity index is 242. The van der Waals surface area contributed by atoms with Crippen LogP contribution in [-0.2, 0) is 4.79 Å². The minimum absolute atomic E-state index is 0.479. The second kappa shape index (κ2) is 6.03. The number of carbonyl (C=O) groups is 1. The van der Waals surface area contributed by atoms with E-state index >= 15 is 0 Å². The fraction of sp³-hybridized carbons (Fsp3) is 0.125. The van der Waals surface area contributed by atoms with Gasteiger partial charge in [-0.05, 0) is 17.3 Å². The van der Waals surface area contributed by atoms with Gasteiger partial charge in [0.25, 0.3) is 5.97 Å². The number of aliphatic carboxylic acids is 1. The van der Waals surface area contributed by atoms with E-state index < -0.39 is 5.97 Å². The van der Waals surface area contributed by atoms with Gasteiger partial charge in [0.2, 0.25) is 0 Å². The summed E-state index contributed by atoms with van der Waals surface area (Å²) in [6.45, 7) is 1.08. The molecule has 0 aromatic heterocycles. The molecule has 0 spiro atoms. The highest BCUT2D eigenvalue weighted by Gasteiger charge is 1.81. The van der Waals surface area contributed by atoms with E-state index in [1.807, 2.05) is 6.07 Å². The first-order chi connectivity index (χ1) is 5.66. The van der Waals surface area contributed by atoms with Crippen LogP contribution in [0, 0.1) is 4.91 Å². The molecule has 1 aromatic rings. The van der Waals surface area contributed by atoms with Gasteiger partial charge in [-0.15, -0.1) is 4.91 Å². The van der Waals surface area contributed by atoms with Crippen molar-refractivity contribution < 1.29 is 9.90 Å². The number of carboxylic acid groups (broad SMARTS) is 1. The first kappa shape index (κ1) is 10.3. The van der Waals surface area contributed by atoms with Crippen molar-refractivity contribution in [1.29, 1.82) is 0 Å². The van der Waals surface area contributed by atoms with Crippen LogP contribution in [0.1, 0.15) is 6.92 Å². The van der Waals surface area contributed by atoms with E-state index in [0.29, 0.717) is 5.69 Å². The van der Waals surface area contributed by atoms with Crippen LogP contribution in [0.25, 0.3) is 0 Å². The lowest BCUT2D eigenvalue weighted by molar-refractivity contribution is -0.134. The van der Waals surface area contributed by atoms with Gasteiger partial charge in [-0.25, -0.2) is 0 Å². The Kier molecular flexibility index (Phi) is 5.17. The highest BCUT2D eigenvalue weighted by atomic mass is 16.4. The van der Waals surface area contributed by atoms with Gasteiger partial charge in [0.15, 0.2) is 0 Å². The first-order valence-electron chi connectivity index (χ1n) is 3.24. The van der Waals surface area contributed by atoms with Crippen LogP contribution < -0.4 is 0 Å². The normalized spacial score (nSPS) is 7.75. The summed E-state index contributed by atoms with van der Waals surface area (Å²) in [5.41, 5.74) is 0.479. The molecule has 4 nitrogen and oxygen atoms in total. The Hall–Kier alpha value is -1.71. The third-order valence-electron chi connectivity index (χ3n) is 0.862. The third-order valence-corrected chi connectivity index (χ3v) is 0.862. The molecule has 0 bridgehead atoms. The highest BCUT2D eigenvalue weighted by Crippen LogP contribution is 2.07. The fourth-order valence-corrected chi connectivity index (χ4v) is 0.489. The first-order valence-corrected chi connectivity index (χ1v) is 3.24. The molecule has 0 saturated heterocycles. The van der Waals surface area contributed by atoms with Crippen molar-refractivity contribution in [3.8, 4) is 0 Å². The zero-order chi connectivity index (χ0) is 9.40. The van der Waals surface area contributed by atoms with Crippen molar-refractivity contribution in [2.75, 3.05) is 0 Å². The molecular formula is C8H9NO3. The summed E-state index contributed by atoms with van der Waals surface area (Å²) in [5, 5.41) is 10.1. The minimum Gasteiger partial charge on any atom is -0.481 e. The third kappa shape index (κ3) is 6.41. The van der Waals surface area contributed by atoms with Crippen LogP contribution in [0.2, 0.25) is 0 Å². The Balaban J connectivity index is 0.000000261. The molecule has 0 fully saturated rings. The average molecular weight is 167 g/mol. The number of carboxylic acids is 1. The molecule has 0 unspecified atom stereocenters. The number of nitroso groups, excluding NO2 is 1. The van der Waals surface area contributed by atoms with Crippen molar-refractivity contribution in [2.24, 2.45) is 5.18 Å². The predicted octanol–water partition coefficient (Wildman–Crippen LogP) is 2.18. The van der Waals surface area contributed by atoms with Gasteiger partial charge in [0, 0.05) is 6.92 Å². The molecule has 0 radical (unpaired) electrons. The highest BCUT2D eigenvalue weighted by molar-refractivity contribution is 5.62. The molecule has 1 N–H and O–H groups in total. The zero-order valence-electron chi connectivity index (χ0n) is 6.60. The van der Waals surface area contributed by atoms with E-state index in [1.54, 1.807) is 24.3 Å². The van der Waals surface area contributed by atoms with Crippen LogP contribution in [0.3, 0.4) is 0 Å². The van der Waals surface area contributed by atoms with Gasteiger partial charge in [-0.2, -0.15) is 0 Å². The Morgan fingerprint density at radius 3 is 2.00 bits per heavy atom. The largest absolute Gasteiger partial charge is 0.481 e. The van der Waals surface area contributed by atoms with Gasteiger partial charge in [0.05, 0.1) is 0 Å². The molecule has 0 aliphatic carbocycles. The molecule has 12 heavy (non-hydrogen) atoms. The van der Waals surface area contributed by atoms with E-state index in [0.717, 1.165) is 6.92 Å². The number of nitrogens with zero attached hydrogens (tertiary/aromatic N) is 1. The summed E-state index contributed by atoms with van der Waals surface area (Å²) in [5.74, 6) is -0.833. The Labute approximate surface area is 69.8 Å². The lowest BCUT2D eigenvalue weighted by atomic mass is 10.3. The molecule has 0 amide bonds. The molecule has 0 aliphatic heterocycles. The van der Waals surface area contributed by atoms with Crippen molar-refractivity contribution in [3.63, 3.8) is 0 Å². The summed E-state index contributed by atoms with van der Waals surface area (Å²) >= 11 is 0. The molecule has 4 heteroatoms. The SMILES string of the molecule is CC(=O)O.O=Nc1ccccc1. The second-order valence-corrected chi connectivity index (χ2v) is 1.95. The molecule has 0 aliphatic rings. The maximum atomic E-state index is 9.76. The molecule has 0 heterocycles. The predicted molar refractivity (Wildman–Crippen MR) is 45.2 cm³/mol. The van der Waals surface area contributed by atoms with Gasteiger partial charge in [-0.1, -0.05) is 18.2 Å². The summed E-state index contributed by atoms with van der Waals surface area (Å²) < 4.78 is 0. The van der Waals surface area contributed by atoms with Crippen LogP contribution in [0.4, 0.5) is 5.69 Å². The number of benzene rings is 1. The molecule has 0 saturated carbocycles. The van der Waals surface area contributed by atoms with Crippen molar-refractivity contribution >= 4 is 11.7 Å². The zero-order valence-corrected chi connectivity index (χ0v) is 6.60. The van der Waals surface area contributed by atoms with Crippen LogP contribution in [0.15, 0.2) is 35.5 Å². The van der Waals surface area contributed by atoms with E-state index in [4.69, 9.17) is 9.90 Å². The van der Waals surface area contributed by atoms with Crippen LogP contribution in [-0.4, -0.2) is 11.1 Å². The van der Waals surface area contributed by atoms with Gasteiger partial charge in [0.1, 0.15) is 5.69 Å². The lowest BCUT2D eigenvalue weighted by Gasteiger charge is -1.80. The maximum absolute atomic E-state index is 9.76. The standard InChI is InChI=1S/C6H5NO.C2H4O2/c8-7-6-4-2-1-3-5-6;1-2(3)4/h1-5H;1H3,(H,3,4). The molecule has 0 atom stereocenters. The van der Waals surface area contributed by atoms with Gasteiger partial charge in [-0.3, -0.25) is 4.79 Å². The molecule has 1 rings (SSSR count). The molecule has 1 aromatic carbocycles. The summed E-state index contributed by atoms with van der Waals surface area (Å²) in [7, 11) is 0. The topological polar surface area (TPSA) is 66.7 Å². The Morgan fingerprint density at radius 1 is 1.33 bits per heavy atom. The monoisotopic (exact) mass is 167 g/mol. The van der Waals surface area contributed by atoms with E-state index in [9.17, 15) is 4.91 Å². The van der Waals surface area contributed by atoms with Crippen molar-refractivity contribution in [2.45, 2.75) is 6.92 Å². The van der Waals surface area contributed by atoms with E-state index in [-0.39, 0.29) is 0 Å². The lowest BCUT2D eigenvalue weighted by Crippen LogP contribution is -1.78. The summed E-state index contributed by atoms with van der Waals surface area (Å²) in [6, 6.07) is 8.71. The quantitative estimate of drug-likeness (QED) is 0.652. The Morgan fingerprint density at radius 2 is 1.75 bits per heavy atom. The van der Waals surface area contributed by atoms with Gasteiger partial charge >= 0.3 is 0 Å². The number of hydrogen-bond donors (Lipinski definition) is 1. The molecular weight excluding hydrogens is 158 g/mol.